The van der Waals surface area contributed by atoms with Crippen LogP contribution in [0.3, 0.4) is 0 Å². The number of nitrogens with one attached hydrogen (secondary N) is 1. The third-order valence-corrected chi connectivity index (χ3v) is 4.31. The van der Waals surface area contributed by atoms with Crippen molar-refractivity contribution in [3.63, 3.8) is 0 Å². The van der Waals surface area contributed by atoms with Gasteiger partial charge in [0.1, 0.15) is 5.75 Å². The number of amides is 1. The molecule has 0 aromatic heterocycles. The second kappa shape index (κ2) is 11.0. The largest absolute Gasteiger partial charge is 0.484 e. The van der Waals surface area contributed by atoms with Crippen LogP contribution in [-0.4, -0.2) is 38.4 Å². The van der Waals surface area contributed by atoms with E-state index in [1.807, 2.05) is 25.1 Å². The number of para-hydroxylation sites is 1. The first-order valence-electron chi connectivity index (χ1n) is 9.39. The molecule has 0 bridgehead atoms. The van der Waals surface area contributed by atoms with Crippen LogP contribution in [0.4, 0.5) is 5.69 Å². The van der Waals surface area contributed by atoms with Gasteiger partial charge in [0.05, 0.1) is 0 Å². The fourth-order valence-electron chi connectivity index (χ4n) is 2.65. The van der Waals surface area contributed by atoms with Crippen molar-refractivity contribution in [1.29, 1.82) is 0 Å². The third-order valence-electron chi connectivity index (χ3n) is 4.31. The van der Waals surface area contributed by atoms with Crippen LogP contribution in [0.1, 0.15) is 36.5 Å². The van der Waals surface area contributed by atoms with Gasteiger partial charge in [-0.25, -0.2) is 0 Å². The number of ether oxygens (including phenoxy) is 1. The zero-order chi connectivity index (χ0) is 19.5. The van der Waals surface area contributed by atoms with E-state index in [4.69, 9.17) is 4.74 Å². The number of unbranched alkanes of at least 4 members (excludes halogenated alkanes) is 1. The highest BCUT2D eigenvalue weighted by molar-refractivity contribution is 5.95. The Kier molecular flexibility index (Phi) is 8.36. The molecule has 5 nitrogen and oxygen atoms in total. The van der Waals surface area contributed by atoms with Crippen LogP contribution in [0, 0.1) is 0 Å². The van der Waals surface area contributed by atoms with E-state index < -0.39 is 0 Å². The average molecular weight is 368 g/mol. The smallest absolute Gasteiger partial charge is 0.257 e. The van der Waals surface area contributed by atoms with E-state index >= 15 is 0 Å². The maximum absolute atomic E-state index is 11.9. The molecule has 0 aliphatic heterocycles. The average Bonchev–Trinajstić information content (AvgIpc) is 2.72. The highest BCUT2D eigenvalue weighted by Crippen LogP contribution is 2.13. The van der Waals surface area contributed by atoms with Gasteiger partial charge in [0.25, 0.3) is 5.91 Å². The van der Waals surface area contributed by atoms with Crippen molar-refractivity contribution in [3.05, 3.63) is 60.2 Å². The Morgan fingerprint density at radius 1 is 1.00 bits per heavy atom. The molecule has 0 spiro atoms. The van der Waals surface area contributed by atoms with Gasteiger partial charge in [-0.3, -0.25) is 9.59 Å². The molecule has 0 heterocycles. The molecule has 2 aromatic rings. The number of carbonyl (C=O) groups is 2. The van der Waals surface area contributed by atoms with Gasteiger partial charge < -0.3 is 15.0 Å². The minimum absolute atomic E-state index is 0.0228. The lowest BCUT2D eigenvalue weighted by atomic mass is 10.1. The Hall–Kier alpha value is -2.82. The number of nitrogens with zero attached hydrogens (tertiary/aromatic N) is 1. The molecule has 2 rings (SSSR count). The molecule has 2 aromatic carbocycles. The first kappa shape index (κ1) is 20.5. The Morgan fingerprint density at radius 3 is 2.37 bits per heavy atom. The molecule has 0 saturated heterocycles. The Balaban J connectivity index is 1.59. The van der Waals surface area contributed by atoms with E-state index in [1.165, 1.54) is 5.69 Å². The lowest BCUT2D eigenvalue weighted by Crippen LogP contribution is -2.30. The van der Waals surface area contributed by atoms with E-state index in [2.05, 4.69) is 29.4 Å². The molecular formula is C22H28N2O3. The highest BCUT2D eigenvalue weighted by Gasteiger charge is 2.05. The number of anilines is 1. The molecule has 1 N–H and O–H groups in total. The normalized spacial score (nSPS) is 10.3. The van der Waals surface area contributed by atoms with E-state index in [1.54, 1.807) is 24.3 Å². The fourth-order valence-corrected chi connectivity index (χ4v) is 2.65. The molecule has 5 heteroatoms. The number of Topliss-reactive ketones (excluding diaryl/α,β-unsaturated/α-hetero) is 1. The number of rotatable bonds is 11. The summed E-state index contributed by atoms with van der Waals surface area (Å²) in [5.74, 6) is 0.541. The van der Waals surface area contributed by atoms with E-state index in [0.717, 1.165) is 19.4 Å². The lowest BCUT2D eigenvalue weighted by Gasteiger charge is -2.19. The van der Waals surface area contributed by atoms with Gasteiger partial charge >= 0.3 is 0 Å². The molecule has 0 saturated carbocycles. The molecule has 0 unspecified atom stereocenters. The molecule has 0 atom stereocenters. The SMILES string of the molecule is CCC(=O)c1ccc(OCC(=O)NCCCCN(C)c2ccccc2)cc1. The van der Waals surface area contributed by atoms with Crippen molar-refractivity contribution in [1.82, 2.24) is 5.32 Å². The molecule has 0 fully saturated rings. The highest BCUT2D eigenvalue weighted by atomic mass is 16.5. The number of ketones is 1. The molecule has 0 aliphatic carbocycles. The summed E-state index contributed by atoms with van der Waals surface area (Å²) in [7, 11) is 2.07. The second-order valence-corrected chi connectivity index (χ2v) is 6.40. The number of hydrogen-bond donors (Lipinski definition) is 1. The topological polar surface area (TPSA) is 58.6 Å². The molecular weight excluding hydrogens is 340 g/mol. The van der Waals surface area contributed by atoms with E-state index in [0.29, 0.717) is 24.3 Å². The summed E-state index contributed by atoms with van der Waals surface area (Å²) in [6.45, 7) is 3.38. The van der Waals surface area contributed by atoms with Crippen molar-refractivity contribution >= 4 is 17.4 Å². The van der Waals surface area contributed by atoms with Crippen LogP contribution in [-0.2, 0) is 4.79 Å². The molecule has 0 radical (unpaired) electrons. The summed E-state index contributed by atoms with van der Waals surface area (Å²) in [6.07, 6.45) is 2.39. The third kappa shape index (κ3) is 7.13. The van der Waals surface area contributed by atoms with Crippen molar-refractivity contribution in [2.24, 2.45) is 0 Å². The monoisotopic (exact) mass is 368 g/mol. The lowest BCUT2D eigenvalue weighted by molar-refractivity contribution is -0.123. The van der Waals surface area contributed by atoms with Gasteiger partial charge in [-0.2, -0.15) is 0 Å². The van der Waals surface area contributed by atoms with Crippen molar-refractivity contribution < 1.29 is 14.3 Å². The van der Waals surface area contributed by atoms with Crippen molar-refractivity contribution in [2.45, 2.75) is 26.2 Å². The summed E-state index contributed by atoms with van der Waals surface area (Å²) in [4.78, 5) is 25.6. The minimum Gasteiger partial charge on any atom is -0.484 e. The number of carbonyl (C=O) groups excluding carboxylic acids is 2. The Morgan fingerprint density at radius 2 is 1.70 bits per heavy atom. The second-order valence-electron chi connectivity index (χ2n) is 6.40. The predicted octanol–water partition coefficient (Wildman–Crippen LogP) is 3.69. The van der Waals surface area contributed by atoms with Gasteiger partial charge in [0.2, 0.25) is 0 Å². The molecule has 27 heavy (non-hydrogen) atoms. The van der Waals surface area contributed by atoms with Crippen LogP contribution < -0.4 is 15.0 Å². The zero-order valence-electron chi connectivity index (χ0n) is 16.1. The number of benzene rings is 2. The first-order valence-corrected chi connectivity index (χ1v) is 9.39. The maximum atomic E-state index is 11.9. The van der Waals surface area contributed by atoms with Crippen LogP contribution >= 0.6 is 0 Å². The minimum atomic E-state index is -0.139. The van der Waals surface area contributed by atoms with E-state index in [9.17, 15) is 9.59 Å². The van der Waals surface area contributed by atoms with Crippen LogP contribution in [0.2, 0.25) is 0 Å². The van der Waals surface area contributed by atoms with Crippen molar-refractivity contribution in [3.8, 4) is 5.75 Å². The van der Waals surface area contributed by atoms with E-state index in [-0.39, 0.29) is 18.3 Å². The van der Waals surface area contributed by atoms with Crippen LogP contribution in [0.25, 0.3) is 0 Å². The zero-order valence-corrected chi connectivity index (χ0v) is 16.1. The Bertz CT molecular complexity index is 714. The van der Waals surface area contributed by atoms with Gasteiger partial charge in [-0.1, -0.05) is 25.1 Å². The fraction of sp³-hybridized carbons (Fsp3) is 0.364. The molecule has 144 valence electrons. The van der Waals surface area contributed by atoms with Gasteiger partial charge in [0, 0.05) is 37.8 Å². The molecule has 1 amide bonds. The van der Waals surface area contributed by atoms with Gasteiger partial charge in [0.15, 0.2) is 12.4 Å². The summed E-state index contributed by atoms with van der Waals surface area (Å²) < 4.78 is 5.46. The first-order chi connectivity index (χ1) is 13.1. The van der Waals surface area contributed by atoms with Crippen LogP contribution in [0.15, 0.2) is 54.6 Å². The summed E-state index contributed by atoms with van der Waals surface area (Å²) >= 11 is 0. The van der Waals surface area contributed by atoms with Crippen LogP contribution in [0.5, 0.6) is 5.75 Å². The number of hydrogen-bond acceptors (Lipinski definition) is 4. The summed E-state index contributed by atoms with van der Waals surface area (Å²) in [6, 6.07) is 17.1. The Labute approximate surface area is 161 Å². The van der Waals surface area contributed by atoms with Crippen molar-refractivity contribution in [2.75, 3.05) is 31.6 Å². The summed E-state index contributed by atoms with van der Waals surface area (Å²) in [5.41, 5.74) is 1.86. The quantitative estimate of drug-likeness (QED) is 0.485. The summed E-state index contributed by atoms with van der Waals surface area (Å²) in [5, 5.41) is 2.87. The standard InChI is InChI=1S/C22H28N2O3/c1-3-21(25)18-11-13-20(14-12-18)27-17-22(26)23-15-7-8-16-24(2)19-9-5-4-6-10-19/h4-6,9-14H,3,7-8,15-17H2,1-2H3,(H,23,26). The predicted molar refractivity (Wildman–Crippen MR) is 109 cm³/mol. The van der Waals surface area contributed by atoms with Gasteiger partial charge in [-0.15, -0.1) is 0 Å². The molecule has 0 aliphatic rings. The van der Waals surface area contributed by atoms with Gasteiger partial charge in [-0.05, 0) is 49.2 Å². The maximum Gasteiger partial charge on any atom is 0.257 e.